The summed E-state index contributed by atoms with van der Waals surface area (Å²) in [6.07, 6.45) is 0. The van der Waals surface area contributed by atoms with E-state index in [-0.39, 0.29) is 16.8 Å². The van der Waals surface area contributed by atoms with E-state index in [4.69, 9.17) is 10.5 Å². The van der Waals surface area contributed by atoms with E-state index in [1.807, 2.05) is 0 Å². The fourth-order valence-corrected chi connectivity index (χ4v) is 2.52. The lowest BCUT2D eigenvalue weighted by molar-refractivity contribution is -0.384. The molecule has 3 aromatic rings. The number of nitrogens with two attached hydrogens (primary N) is 1. The molecule has 0 spiro atoms. The summed E-state index contributed by atoms with van der Waals surface area (Å²) in [6.45, 7) is 0. The first kappa shape index (κ1) is 21.0. The normalized spacial score (nSPS) is 10.1. The molecule has 0 aliphatic carbocycles. The van der Waals surface area contributed by atoms with Crippen LogP contribution in [-0.4, -0.2) is 22.6 Å². The Bertz CT molecular complexity index is 1140. The zero-order valence-corrected chi connectivity index (χ0v) is 15.9. The maximum Gasteiger partial charge on any atom is 0.270 e. The number of nitro groups is 1. The first-order chi connectivity index (χ1) is 14.8. The van der Waals surface area contributed by atoms with Crippen LogP contribution < -0.4 is 21.3 Å². The third-order valence-electron chi connectivity index (χ3n) is 4.10. The van der Waals surface area contributed by atoms with E-state index in [1.54, 1.807) is 24.3 Å². The number of benzene rings is 3. The molecule has 3 amide bonds. The first-order valence-corrected chi connectivity index (χ1v) is 8.86. The Balaban J connectivity index is 1.57. The van der Waals surface area contributed by atoms with Crippen molar-refractivity contribution < 1.29 is 24.0 Å². The van der Waals surface area contributed by atoms with E-state index in [1.165, 1.54) is 42.5 Å². The predicted molar refractivity (Wildman–Crippen MR) is 110 cm³/mol. The number of nitrogens with zero attached hydrogens (tertiary/aromatic N) is 1. The molecule has 0 bridgehead atoms. The van der Waals surface area contributed by atoms with E-state index in [9.17, 15) is 24.5 Å². The predicted octanol–water partition coefficient (Wildman–Crippen LogP) is 2.56. The van der Waals surface area contributed by atoms with Crippen LogP contribution in [0.3, 0.4) is 0 Å². The zero-order valence-electron chi connectivity index (χ0n) is 15.9. The van der Waals surface area contributed by atoms with Gasteiger partial charge in [-0.15, -0.1) is 0 Å². The molecule has 0 aliphatic rings. The number of hydrogen-bond acceptors (Lipinski definition) is 6. The molecule has 0 saturated heterocycles. The largest absolute Gasteiger partial charge is 0.457 e. The van der Waals surface area contributed by atoms with Gasteiger partial charge in [-0.3, -0.25) is 35.3 Å². The Labute approximate surface area is 175 Å². The van der Waals surface area contributed by atoms with Gasteiger partial charge in [0.2, 0.25) is 5.91 Å². The molecule has 3 aromatic carbocycles. The molecule has 0 saturated carbocycles. The van der Waals surface area contributed by atoms with Gasteiger partial charge in [-0.05, 0) is 54.6 Å². The Morgan fingerprint density at radius 3 is 1.81 bits per heavy atom. The number of primary amides is 1. The Hall–Kier alpha value is -4.73. The van der Waals surface area contributed by atoms with Crippen molar-refractivity contribution in [3.05, 3.63) is 99.6 Å². The second-order valence-electron chi connectivity index (χ2n) is 6.23. The van der Waals surface area contributed by atoms with Crippen LogP contribution in [0.4, 0.5) is 5.69 Å². The van der Waals surface area contributed by atoms with Crippen molar-refractivity contribution in [2.75, 3.05) is 0 Å². The van der Waals surface area contributed by atoms with Crippen molar-refractivity contribution in [1.82, 2.24) is 10.9 Å². The summed E-state index contributed by atoms with van der Waals surface area (Å²) in [4.78, 5) is 45.5. The molecule has 0 aliphatic heterocycles. The van der Waals surface area contributed by atoms with Gasteiger partial charge in [0.15, 0.2) is 0 Å². The summed E-state index contributed by atoms with van der Waals surface area (Å²) in [5.74, 6) is -0.900. The van der Waals surface area contributed by atoms with Crippen LogP contribution in [0, 0.1) is 10.1 Å². The van der Waals surface area contributed by atoms with Crippen LogP contribution in [0.15, 0.2) is 72.8 Å². The minimum atomic E-state index is -0.698. The first-order valence-electron chi connectivity index (χ1n) is 8.86. The second-order valence-corrected chi connectivity index (χ2v) is 6.23. The van der Waals surface area contributed by atoms with Gasteiger partial charge in [0, 0.05) is 28.8 Å². The Morgan fingerprint density at radius 2 is 1.29 bits per heavy atom. The average Bonchev–Trinajstić information content (AvgIpc) is 2.78. The maximum absolute atomic E-state index is 12.2. The molecular weight excluding hydrogens is 404 g/mol. The highest BCUT2D eigenvalue weighted by atomic mass is 16.6. The highest BCUT2D eigenvalue weighted by Crippen LogP contribution is 2.22. The lowest BCUT2D eigenvalue weighted by atomic mass is 10.2. The third-order valence-corrected chi connectivity index (χ3v) is 4.10. The number of hydrogen-bond donors (Lipinski definition) is 3. The van der Waals surface area contributed by atoms with Gasteiger partial charge in [0.1, 0.15) is 11.5 Å². The number of rotatable bonds is 6. The average molecular weight is 420 g/mol. The molecule has 10 nitrogen and oxygen atoms in total. The lowest BCUT2D eigenvalue weighted by Gasteiger charge is -2.09. The number of amides is 3. The van der Waals surface area contributed by atoms with Gasteiger partial charge < -0.3 is 10.5 Å². The SMILES string of the molecule is NC(=O)c1ccc(Oc2ccc(C(=O)NNC(=O)c3cccc([N+](=O)[O-])c3)cc2)cc1. The fourth-order valence-electron chi connectivity index (χ4n) is 2.52. The summed E-state index contributed by atoms with van der Waals surface area (Å²) in [7, 11) is 0. The van der Waals surface area contributed by atoms with Crippen molar-refractivity contribution in [1.29, 1.82) is 0 Å². The number of hydrazine groups is 1. The minimum Gasteiger partial charge on any atom is -0.457 e. The van der Waals surface area contributed by atoms with Crippen molar-refractivity contribution >= 4 is 23.4 Å². The molecule has 156 valence electrons. The topological polar surface area (TPSA) is 154 Å². The molecule has 0 fully saturated rings. The van der Waals surface area contributed by atoms with E-state index in [2.05, 4.69) is 10.9 Å². The molecule has 3 rings (SSSR count). The molecule has 4 N–H and O–H groups in total. The molecule has 0 atom stereocenters. The molecule has 0 heterocycles. The van der Waals surface area contributed by atoms with Crippen molar-refractivity contribution in [3.63, 3.8) is 0 Å². The highest BCUT2D eigenvalue weighted by Gasteiger charge is 2.13. The van der Waals surface area contributed by atoms with E-state index in [0.717, 1.165) is 6.07 Å². The molecule has 31 heavy (non-hydrogen) atoms. The number of carbonyl (C=O) groups excluding carboxylic acids is 3. The van der Waals surface area contributed by atoms with Crippen LogP contribution in [-0.2, 0) is 0 Å². The van der Waals surface area contributed by atoms with Gasteiger partial charge in [0.25, 0.3) is 17.5 Å². The van der Waals surface area contributed by atoms with Crippen molar-refractivity contribution in [2.24, 2.45) is 5.73 Å². The van der Waals surface area contributed by atoms with E-state index in [0.29, 0.717) is 17.1 Å². The Morgan fingerprint density at radius 1 is 0.774 bits per heavy atom. The lowest BCUT2D eigenvalue weighted by Crippen LogP contribution is -2.41. The maximum atomic E-state index is 12.2. The summed E-state index contributed by atoms with van der Waals surface area (Å²) in [5, 5.41) is 10.8. The van der Waals surface area contributed by atoms with Gasteiger partial charge >= 0.3 is 0 Å². The van der Waals surface area contributed by atoms with Crippen LogP contribution in [0.25, 0.3) is 0 Å². The number of ether oxygens (including phenoxy) is 1. The summed E-state index contributed by atoms with van der Waals surface area (Å²) in [6, 6.07) is 17.4. The standard InChI is InChI=1S/C21H16N4O6/c22-19(26)13-4-8-17(9-5-13)31-18-10-6-14(7-11-18)20(27)23-24-21(28)15-2-1-3-16(12-15)25(29)30/h1-12H,(H2,22,26)(H,23,27)(H,24,28). The van der Waals surface area contributed by atoms with Gasteiger partial charge in [0.05, 0.1) is 4.92 Å². The number of nitrogens with one attached hydrogen (secondary N) is 2. The van der Waals surface area contributed by atoms with Gasteiger partial charge in [-0.2, -0.15) is 0 Å². The molecular formula is C21H16N4O6. The minimum absolute atomic E-state index is 0.0283. The van der Waals surface area contributed by atoms with Crippen LogP contribution in [0.5, 0.6) is 11.5 Å². The van der Waals surface area contributed by atoms with Crippen LogP contribution in [0.1, 0.15) is 31.1 Å². The number of nitro benzene ring substituents is 1. The summed E-state index contributed by atoms with van der Waals surface area (Å²) in [5.41, 5.74) is 10.0. The summed E-state index contributed by atoms with van der Waals surface area (Å²) < 4.78 is 5.63. The van der Waals surface area contributed by atoms with E-state index >= 15 is 0 Å². The second kappa shape index (κ2) is 9.18. The van der Waals surface area contributed by atoms with Crippen LogP contribution in [0.2, 0.25) is 0 Å². The number of carbonyl (C=O) groups is 3. The van der Waals surface area contributed by atoms with Crippen LogP contribution >= 0.6 is 0 Å². The smallest absolute Gasteiger partial charge is 0.270 e. The molecule has 0 aromatic heterocycles. The quantitative estimate of drug-likeness (QED) is 0.411. The molecule has 0 radical (unpaired) electrons. The van der Waals surface area contributed by atoms with E-state index < -0.39 is 22.6 Å². The summed E-state index contributed by atoms with van der Waals surface area (Å²) >= 11 is 0. The fraction of sp³-hybridized carbons (Fsp3) is 0. The van der Waals surface area contributed by atoms with Crippen molar-refractivity contribution in [3.8, 4) is 11.5 Å². The Kier molecular flexibility index (Phi) is 6.21. The van der Waals surface area contributed by atoms with Crippen molar-refractivity contribution in [2.45, 2.75) is 0 Å². The number of non-ortho nitro benzene ring substituents is 1. The molecule has 0 unspecified atom stereocenters. The highest BCUT2D eigenvalue weighted by molar-refractivity contribution is 5.99. The zero-order chi connectivity index (χ0) is 22.4. The monoisotopic (exact) mass is 420 g/mol. The van der Waals surface area contributed by atoms with Gasteiger partial charge in [-0.1, -0.05) is 6.07 Å². The molecule has 10 heteroatoms. The van der Waals surface area contributed by atoms with Gasteiger partial charge in [-0.25, -0.2) is 0 Å². The third kappa shape index (κ3) is 5.41.